The fraction of sp³-hybridized carbons (Fsp3) is 0.188. The van der Waals surface area contributed by atoms with Crippen LogP contribution in [0.15, 0.2) is 36.4 Å². The van der Waals surface area contributed by atoms with Crippen LogP contribution in [0.2, 0.25) is 0 Å². The molecule has 20 heavy (non-hydrogen) atoms. The first-order valence-corrected chi connectivity index (χ1v) is 7.46. The molecule has 0 saturated carbocycles. The Morgan fingerprint density at radius 3 is 2.55 bits per heavy atom. The average molecular weight is 335 g/mol. The van der Waals surface area contributed by atoms with Gasteiger partial charge in [0.25, 0.3) is 0 Å². The molecule has 0 amide bonds. The second-order valence-electron chi connectivity index (χ2n) is 4.68. The molecule has 0 bridgehead atoms. The van der Waals surface area contributed by atoms with Gasteiger partial charge >= 0.3 is 0 Å². The average Bonchev–Trinajstić information content (AvgIpc) is 2.48. The number of carbonyl (C=O) groups excluding carboxylic acids is 1. The Morgan fingerprint density at radius 1 is 1.15 bits per heavy atom. The zero-order valence-electron chi connectivity index (χ0n) is 10.7. The Hall–Kier alpha value is -1.68. The summed E-state index contributed by atoms with van der Waals surface area (Å²) >= 11 is 3.41. The number of ether oxygens (including phenoxy) is 1. The molecule has 2 aromatic rings. The van der Waals surface area contributed by atoms with Crippen LogP contribution in [0.4, 0.5) is 4.39 Å². The molecule has 0 saturated heterocycles. The van der Waals surface area contributed by atoms with Crippen molar-refractivity contribution in [3.63, 3.8) is 0 Å². The van der Waals surface area contributed by atoms with Gasteiger partial charge < -0.3 is 4.74 Å². The molecule has 0 unspecified atom stereocenters. The fourth-order valence-corrected chi connectivity index (χ4v) is 2.68. The maximum Gasteiger partial charge on any atom is 0.170 e. The van der Waals surface area contributed by atoms with E-state index in [-0.39, 0.29) is 11.6 Å². The van der Waals surface area contributed by atoms with Crippen LogP contribution in [-0.4, -0.2) is 12.4 Å². The van der Waals surface area contributed by atoms with E-state index in [1.165, 1.54) is 12.1 Å². The van der Waals surface area contributed by atoms with Crippen molar-refractivity contribution in [2.45, 2.75) is 11.8 Å². The molecular weight excluding hydrogens is 323 g/mol. The number of carbonyl (C=O) groups is 1. The molecule has 2 nitrogen and oxygen atoms in total. The number of alkyl halides is 1. The SMILES string of the molecule is O=C1CCOc2c1cc(CBr)cc2-c1ccc(F)cc1. The molecule has 0 aliphatic carbocycles. The molecule has 1 aliphatic heterocycles. The lowest BCUT2D eigenvalue weighted by Gasteiger charge is -2.21. The summed E-state index contributed by atoms with van der Waals surface area (Å²) in [7, 11) is 0. The smallest absolute Gasteiger partial charge is 0.170 e. The summed E-state index contributed by atoms with van der Waals surface area (Å²) in [6.45, 7) is 0.397. The van der Waals surface area contributed by atoms with Crippen LogP contribution >= 0.6 is 15.9 Å². The summed E-state index contributed by atoms with van der Waals surface area (Å²) in [6, 6.07) is 10.1. The van der Waals surface area contributed by atoms with Gasteiger partial charge in [-0.05, 0) is 35.4 Å². The zero-order chi connectivity index (χ0) is 14.1. The van der Waals surface area contributed by atoms with Crippen LogP contribution in [0.5, 0.6) is 5.75 Å². The van der Waals surface area contributed by atoms with Crippen molar-refractivity contribution >= 4 is 21.7 Å². The highest BCUT2D eigenvalue weighted by Gasteiger charge is 2.23. The van der Waals surface area contributed by atoms with Crippen LogP contribution in [-0.2, 0) is 5.33 Å². The summed E-state index contributed by atoms with van der Waals surface area (Å²) < 4.78 is 18.7. The number of fused-ring (bicyclic) bond motifs is 1. The summed E-state index contributed by atoms with van der Waals surface area (Å²) in [5.41, 5.74) is 3.31. The minimum Gasteiger partial charge on any atom is -0.492 e. The number of rotatable bonds is 2. The number of hydrogen-bond acceptors (Lipinski definition) is 2. The van der Waals surface area contributed by atoms with Crippen LogP contribution in [0, 0.1) is 5.82 Å². The van der Waals surface area contributed by atoms with Crippen LogP contribution in [0.3, 0.4) is 0 Å². The van der Waals surface area contributed by atoms with E-state index in [9.17, 15) is 9.18 Å². The number of ketones is 1. The first kappa shape index (κ1) is 13.3. The molecule has 3 rings (SSSR count). The minimum atomic E-state index is -0.281. The molecule has 0 fully saturated rings. The molecule has 0 spiro atoms. The van der Waals surface area contributed by atoms with Crippen molar-refractivity contribution in [1.29, 1.82) is 0 Å². The third kappa shape index (κ3) is 2.36. The van der Waals surface area contributed by atoms with E-state index in [1.54, 1.807) is 12.1 Å². The second-order valence-corrected chi connectivity index (χ2v) is 5.24. The Labute approximate surface area is 124 Å². The van der Waals surface area contributed by atoms with Gasteiger partial charge in [-0.2, -0.15) is 0 Å². The maximum absolute atomic E-state index is 13.1. The molecule has 102 valence electrons. The minimum absolute atomic E-state index is 0.0948. The zero-order valence-corrected chi connectivity index (χ0v) is 12.2. The van der Waals surface area contributed by atoms with Crippen molar-refractivity contribution in [1.82, 2.24) is 0 Å². The van der Waals surface area contributed by atoms with Crippen LogP contribution in [0.25, 0.3) is 11.1 Å². The Kier molecular flexibility index (Phi) is 3.57. The van der Waals surface area contributed by atoms with Gasteiger partial charge in [0.05, 0.1) is 12.2 Å². The topological polar surface area (TPSA) is 26.3 Å². The normalized spacial score (nSPS) is 13.8. The van der Waals surface area contributed by atoms with E-state index in [0.717, 1.165) is 16.7 Å². The van der Waals surface area contributed by atoms with Gasteiger partial charge in [0.2, 0.25) is 0 Å². The second kappa shape index (κ2) is 5.37. The van der Waals surface area contributed by atoms with Gasteiger partial charge in [-0.3, -0.25) is 4.79 Å². The summed E-state index contributed by atoms with van der Waals surface area (Å²) in [4.78, 5) is 12.0. The lowest BCUT2D eigenvalue weighted by Crippen LogP contribution is -2.16. The largest absolute Gasteiger partial charge is 0.492 e. The van der Waals surface area contributed by atoms with E-state index in [0.29, 0.717) is 29.7 Å². The van der Waals surface area contributed by atoms with Gasteiger partial charge in [-0.15, -0.1) is 0 Å². The highest BCUT2D eigenvalue weighted by molar-refractivity contribution is 9.08. The van der Waals surface area contributed by atoms with Crippen molar-refractivity contribution < 1.29 is 13.9 Å². The predicted molar refractivity (Wildman–Crippen MR) is 78.9 cm³/mol. The molecule has 1 aliphatic rings. The molecular formula is C16H12BrFO2. The van der Waals surface area contributed by atoms with Crippen LogP contribution in [0.1, 0.15) is 22.3 Å². The van der Waals surface area contributed by atoms with E-state index in [2.05, 4.69) is 15.9 Å². The molecule has 0 atom stereocenters. The fourth-order valence-electron chi connectivity index (χ4n) is 2.35. The molecule has 0 aromatic heterocycles. The van der Waals surface area contributed by atoms with Crippen molar-refractivity contribution in [2.24, 2.45) is 0 Å². The third-order valence-electron chi connectivity index (χ3n) is 3.33. The van der Waals surface area contributed by atoms with Gasteiger partial charge in [-0.1, -0.05) is 28.1 Å². The first-order valence-electron chi connectivity index (χ1n) is 6.34. The highest BCUT2D eigenvalue weighted by Crippen LogP contribution is 2.38. The lowest BCUT2D eigenvalue weighted by atomic mass is 9.94. The maximum atomic E-state index is 13.1. The molecule has 0 radical (unpaired) electrons. The lowest BCUT2D eigenvalue weighted by molar-refractivity contribution is 0.0934. The van der Waals surface area contributed by atoms with Crippen molar-refractivity contribution in [3.05, 3.63) is 53.3 Å². The molecule has 4 heteroatoms. The number of hydrogen-bond donors (Lipinski definition) is 0. The van der Waals surface area contributed by atoms with E-state index >= 15 is 0 Å². The Balaban J connectivity index is 2.21. The van der Waals surface area contributed by atoms with Crippen LogP contribution < -0.4 is 4.74 Å². The molecule has 0 N–H and O–H groups in total. The van der Waals surface area contributed by atoms with E-state index < -0.39 is 0 Å². The highest BCUT2D eigenvalue weighted by atomic mass is 79.9. The number of Topliss-reactive ketones (excluding diaryl/α,β-unsaturated/α-hetero) is 1. The van der Waals surface area contributed by atoms with E-state index in [4.69, 9.17) is 4.74 Å². The third-order valence-corrected chi connectivity index (χ3v) is 3.98. The van der Waals surface area contributed by atoms with Crippen molar-refractivity contribution in [3.8, 4) is 16.9 Å². The Bertz CT molecular complexity index is 665. The quantitative estimate of drug-likeness (QED) is 0.763. The molecule has 2 aromatic carbocycles. The van der Waals surface area contributed by atoms with Gasteiger partial charge in [-0.25, -0.2) is 4.39 Å². The first-order chi connectivity index (χ1) is 9.69. The van der Waals surface area contributed by atoms with Gasteiger partial charge in [0, 0.05) is 17.3 Å². The van der Waals surface area contributed by atoms with E-state index in [1.807, 2.05) is 12.1 Å². The molecule has 1 heterocycles. The standard InChI is InChI=1S/C16H12BrFO2/c17-9-10-7-13(11-1-3-12(18)4-2-11)16-14(8-10)15(19)5-6-20-16/h1-4,7-8H,5-6,9H2. The number of benzene rings is 2. The monoisotopic (exact) mass is 334 g/mol. The van der Waals surface area contributed by atoms with Gasteiger partial charge in [0.1, 0.15) is 11.6 Å². The summed E-state index contributed by atoms with van der Waals surface area (Å²) in [5, 5.41) is 0.655. The van der Waals surface area contributed by atoms with Gasteiger partial charge in [0.15, 0.2) is 5.78 Å². The summed E-state index contributed by atoms with van der Waals surface area (Å²) in [6.07, 6.45) is 0.404. The number of halogens is 2. The predicted octanol–water partition coefficient (Wildman–Crippen LogP) is 4.35. The van der Waals surface area contributed by atoms with Crippen molar-refractivity contribution in [2.75, 3.05) is 6.61 Å². The Morgan fingerprint density at radius 2 is 1.85 bits per heavy atom. The summed E-state index contributed by atoms with van der Waals surface area (Å²) in [5.74, 6) is 0.422.